The fourth-order valence-electron chi connectivity index (χ4n) is 3.31. The lowest BCUT2D eigenvalue weighted by atomic mass is 10.1. The third-order valence-electron chi connectivity index (χ3n) is 4.69. The van der Waals surface area contributed by atoms with Crippen molar-refractivity contribution in [1.29, 1.82) is 0 Å². The number of aromatic nitrogens is 1. The number of ether oxygens (including phenoxy) is 1. The van der Waals surface area contributed by atoms with Crippen LogP contribution in [0.3, 0.4) is 0 Å². The molecule has 2 heterocycles. The number of aldehydes is 1. The maximum absolute atomic E-state index is 11.5. The molecule has 1 aliphatic rings. The van der Waals surface area contributed by atoms with Crippen LogP contribution in [0.5, 0.6) is 0 Å². The first-order valence-corrected chi connectivity index (χ1v) is 8.72. The molecule has 2 aromatic carbocycles. The molecule has 0 aliphatic carbocycles. The van der Waals surface area contributed by atoms with Crippen LogP contribution in [0, 0.1) is 0 Å². The van der Waals surface area contributed by atoms with E-state index in [1.54, 1.807) is 6.20 Å². The largest absolute Gasteiger partial charge is 0.347 e. The summed E-state index contributed by atoms with van der Waals surface area (Å²) in [5, 5.41) is 0. The molecule has 3 aromatic rings. The Labute approximate surface area is 153 Å². The van der Waals surface area contributed by atoms with Gasteiger partial charge < -0.3 is 4.74 Å². The average molecular weight is 344 g/mol. The second kappa shape index (κ2) is 7.60. The molecule has 1 saturated heterocycles. The molecule has 26 heavy (non-hydrogen) atoms. The number of pyridine rings is 1. The highest BCUT2D eigenvalue weighted by Crippen LogP contribution is 2.29. The van der Waals surface area contributed by atoms with E-state index in [0.717, 1.165) is 28.5 Å². The Hall–Kier alpha value is -2.82. The Morgan fingerprint density at radius 1 is 1.00 bits per heavy atom. The van der Waals surface area contributed by atoms with Gasteiger partial charge in [-0.3, -0.25) is 14.7 Å². The van der Waals surface area contributed by atoms with Crippen LogP contribution in [0.4, 0.5) is 0 Å². The van der Waals surface area contributed by atoms with Gasteiger partial charge in [-0.1, -0.05) is 60.7 Å². The van der Waals surface area contributed by atoms with Gasteiger partial charge in [-0.15, -0.1) is 0 Å². The van der Waals surface area contributed by atoms with Crippen molar-refractivity contribution in [2.45, 2.75) is 18.9 Å². The van der Waals surface area contributed by atoms with E-state index in [4.69, 9.17) is 4.74 Å². The van der Waals surface area contributed by atoms with E-state index >= 15 is 0 Å². The molecule has 0 saturated carbocycles. The minimum absolute atomic E-state index is 0.0685. The maximum Gasteiger partial charge on any atom is 0.168 e. The van der Waals surface area contributed by atoms with Gasteiger partial charge in [0.15, 0.2) is 12.5 Å². The van der Waals surface area contributed by atoms with E-state index in [9.17, 15) is 4.79 Å². The summed E-state index contributed by atoms with van der Waals surface area (Å²) in [6.45, 7) is 1.39. The molecule has 1 unspecified atom stereocenters. The number of benzene rings is 2. The van der Waals surface area contributed by atoms with Gasteiger partial charge in [-0.25, -0.2) is 0 Å². The van der Waals surface area contributed by atoms with Crippen molar-refractivity contribution in [1.82, 2.24) is 9.88 Å². The van der Waals surface area contributed by atoms with Gasteiger partial charge >= 0.3 is 0 Å². The third kappa shape index (κ3) is 3.57. The second-order valence-electron chi connectivity index (χ2n) is 6.43. The smallest absolute Gasteiger partial charge is 0.168 e. The van der Waals surface area contributed by atoms with E-state index in [-0.39, 0.29) is 6.10 Å². The molecular weight excluding hydrogens is 324 g/mol. The van der Waals surface area contributed by atoms with Crippen molar-refractivity contribution in [2.75, 3.05) is 6.54 Å². The van der Waals surface area contributed by atoms with Crippen molar-refractivity contribution in [2.24, 2.45) is 0 Å². The summed E-state index contributed by atoms with van der Waals surface area (Å²) in [5.41, 5.74) is 4.49. The summed E-state index contributed by atoms with van der Waals surface area (Å²) >= 11 is 0. The third-order valence-corrected chi connectivity index (χ3v) is 4.69. The first-order valence-electron chi connectivity index (χ1n) is 8.72. The van der Waals surface area contributed by atoms with E-state index in [2.05, 4.69) is 34.1 Å². The standard InChI is InChI=1S/C22H20N2O2/c25-16-22-24(15-21(26-22)19-5-2-1-3-6-19)14-17-8-10-18(11-9-17)20-7-4-12-23-13-20/h1-13,16,21-22H,14-15H2/t21-,22?/m0/s1. The topological polar surface area (TPSA) is 42.4 Å². The molecule has 0 bridgehead atoms. The first-order chi connectivity index (χ1) is 12.8. The van der Waals surface area contributed by atoms with Crippen LogP contribution in [0.15, 0.2) is 79.1 Å². The Balaban J connectivity index is 1.47. The first kappa shape index (κ1) is 16.6. The summed E-state index contributed by atoms with van der Waals surface area (Å²) < 4.78 is 5.92. The summed E-state index contributed by atoms with van der Waals surface area (Å²) in [7, 11) is 0. The van der Waals surface area contributed by atoms with Crippen LogP contribution in [-0.4, -0.2) is 28.9 Å². The van der Waals surface area contributed by atoms with Gasteiger partial charge in [-0.2, -0.15) is 0 Å². The average Bonchev–Trinajstić information content (AvgIpc) is 3.13. The van der Waals surface area contributed by atoms with Crippen LogP contribution in [0.1, 0.15) is 17.2 Å². The molecule has 1 fully saturated rings. The maximum atomic E-state index is 11.5. The SMILES string of the molecule is O=CC1O[C@H](c2ccccc2)CN1Cc1ccc(-c2cccnc2)cc1. The number of rotatable bonds is 5. The Bertz CT molecular complexity index is 850. The second-order valence-corrected chi connectivity index (χ2v) is 6.43. The predicted octanol–water partition coefficient (Wildman–Crippen LogP) is 3.85. The number of hydrogen-bond acceptors (Lipinski definition) is 4. The Kier molecular flexibility index (Phi) is 4.86. The molecule has 0 N–H and O–H groups in total. The van der Waals surface area contributed by atoms with Crippen molar-refractivity contribution in [3.05, 3.63) is 90.3 Å². The summed E-state index contributed by atoms with van der Waals surface area (Å²) in [4.78, 5) is 17.7. The monoisotopic (exact) mass is 344 g/mol. The molecule has 4 rings (SSSR count). The van der Waals surface area contributed by atoms with Crippen molar-refractivity contribution >= 4 is 6.29 Å². The minimum Gasteiger partial charge on any atom is -0.347 e. The zero-order valence-corrected chi connectivity index (χ0v) is 14.4. The van der Waals surface area contributed by atoms with Crippen molar-refractivity contribution in [3.63, 3.8) is 0 Å². The number of hydrogen-bond donors (Lipinski definition) is 0. The zero-order chi connectivity index (χ0) is 17.8. The predicted molar refractivity (Wildman–Crippen MR) is 100 cm³/mol. The van der Waals surface area contributed by atoms with Crippen LogP contribution >= 0.6 is 0 Å². The van der Waals surface area contributed by atoms with E-state index in [0.29, 0.717) is 13.1 Å². The van der Waals surface area contributed by atoms with Gasteiger partial charge in [0, 0.05) is 25.5 Å². The van der Waals surface area contributed by atoms with Gasteiger partial charge in [0.25, 0.3) is 0 Å². The Morgan fingerprint density at radius 2 is 1.81 bits per heavy atom. The molecule has 0 amide bonds. The van der Waals surface area contributed by atoms with Crippen molar-refractivity contribution < 1.29 is 9.53 Å². The fraction of sp³-hybridized carbons (Fsp3) is 0.182. The van der Waals surface area contributed by atoms with E-state index in [1.807, 2.05) is 48.7 Å². The molecule has 4 nitrogen and oxygen atoms in total. The Morgan fingerprint density at radius 3 is 2.50 bits per heavy atom. The normalized spacial score (nSPS) is 20.2. The molecule has 2 atom stereocenters. The van der Waals surface area contributed by atoms with Crippen LogP contribution in [0.2, 0.25) is 0 Å². The van der Waals surface area contributed by atoms with Gasteiger partial charge in [0.2, 0.25) is 0 Å². The lowest BCUT2D eigenvalue weighted by Crippen LogP contribution is -2.30. The molecular formula is C22H20N2O2. The number of carbonyl (C=O) groups excluding carboxylic acids is 1. The van der Waals surface area contributed by atoms with E-state index in [1.165, 1.54) is 0 Å². The lowest BCUT2D eigenvalue weighted by molar-refractivity contribution is -0.123. The van der Waals surface area contributed by atoms with Crippen LogP contribution < -0.4 is 0 Å². The summed E-state index contributed by atoms with van der Waals surface area (Å²) in [6.07, 6.45) is 3.94. The van der Waals surface area contributed by atoms with Gasteiger partial charge in [0.1, 0.15) is 0 Å². The minimum atomic E-state index is -0.502. The fourth-order valence-corrected chi connectivity index (χ4v) is 3.31. The quantitative estimate of drug-likeness (QED) is 0.660. The van der Waals surface area contributed by atoms with Gasteiger partial charge in [-0.05, 0) is 28.3 Å². The zero-order valence-electron chi connectivity index (χ0n) is 14.4. The highest BCUT2D eigenvalue weighted by atomic mass is 16.5. The summed E-state index contributed by atoms with van der Waals surface area (Å²) in [5.74, 6) is 0. The van der Waals surface area contributed by atoms with E-state index < -0.39 is 6.23 Å². The van der Waals surface area contributed by atoms with Crippen LogP contribution in [-0.2, 0) is 16.1 Å². The molecule has 0 radical (unpaired) electrons. The summed E-state index contributed by atoms with van der Waals surface area (Å²) in [6, 6.07) is 22.4. The highest BCUT2D eigenvalue weighted by Gasteiger charge is 2.33. The van der Waals surface area contributed by atoms with Crippen LogP contribution in [0.25, 0.3) is 11.1 Å². The molecule has 1 aromatic heterocycles. The van der Waals surface area contributed by atoms with Gasteiger partial charge in [0.05, 0.1) is 6.10 Å². The molecule has 4 heteroatoms. The molecule has 1 aliphatic heterocycles. The molecule has 130 valence electrons. The lowest BCUT2D eigenvalue weighted by Gasteiger charge is -2.18. The highest BCUT2D eigenvalue weighted by molar-refractivity contribution is 5.62. The number of carbonyl (C=O) groups is 1. The molecule has 0 spiro atoms. The number of nitrogens with zero attached hydrogens (tertiary/aromatic N) is 2. The van der Waals surface area contributed by atoms with Crippen molar-refractivity contribution in [3.8, 4) is 11.1 Å².